The highest BCUT2D eigenvalue weighted by atomic mass is 32.2. The van der Waals surface area contributed by atoms with Gasteiger partial charge in [0, 0.05) is 18.7 Å². The lowest BCUT2D eigenvalue weighted by molar-refractivity contribution is -0.125. The highest BCUT2D eigenvalue weighted by Gasteiger charge is 2.35. The van der Waals surface area contributed by atoms with Gasteiger partial charge in [-0.05, 0) is 65.7 Å². The first-order valence-corrected chi connectivity index (χ1v) is 12.5. The average molecular weight is 526 g/mol. The molecule has 4 rings (SSSR count). The third kappa shape index (κ3) is 6.05. The first-order valence-electron chi connectivity index (χ1n) is 11.6. The molecule has 0 radical (unpaired) electrons. The van der Waals surface area contributed by atoms with Crippen molar-refractivity contribution >= 4 is 40.8 Å². The fourth-order valence-electron chi connectivity index (χ4n) is 3.75. The van der Waals surface area contributed by atoms with E-state index >= 15 is 0 Å². The van der Waals surface area contributed by atoms with Gasteiger partial charge in [-0.15, -0.1) is 0 Å². The van der Waals surface area contributed by atoms with Crippen LogP contribution in [0.1, 0.15) is 29.8 Å². The third-order valence-corrected chi connectivity index (χ3v) is 6.70. The van der Waals surface area contributed by atoms with Crippen LogP contribution in [0.3, 0.4) is 0 Å². The number of fused-ring (bicyclic) bond motifs is 1. The number of nitrogens with one attached hydrogen (secondary N) is 2. The Kier molecular flexibility index (Phi) is 8.02. The first kappa shape index (κ1) is 26.1. The van der Waals surface area contributed by atoms with Crippen LogP contribution in [-0.2, 0) is 9.59 Å². The molecule has 0 spiro atoms. The van der Waals surface area contributed by atoms with Crippen LogP contribution in [0.15, 0.2) is 47.4 Å². The van der Waals surface area contributed by atoms with Gasteiger partial charge < -0.3 is 24.8 Å². The number of benzene rings is 2. The Morgan fingerprint density at radius 3 is 2.54 bits per heavy atom. The number of thioether (sulfide) groups is 1. The SMILES string of the molecule is COc1ccc(C(=O)NC(C(=O)NCCN2C(=O)SC(=Cc3ccc4c(c3)OCO4)C2=O)C(C)C)cc1. The van der Waals surface area contributed by atoms with E-state index < -0.39 is 29.0 Å². The summed E-state index contributed by atoms with van der Waals surface area (Å²) in [5.41, 5.74) is 1.10. The van der Waals surface area contributed by atoms with Crippen molar-refractivity contribution in [2.75, 3.05) is 27.0 Å². The molecule has 1 saturated heterocycles. The molecule has 0 saturated carbocycles. The predicted octanol–water partition coefficient (Wildman–Crippen LogP) is 3.03. The number of rotatable bonds is 9. The molecule has 2 aromatic rings. The molecule has 2 heterocycles. The summed E-state index contributed by atoms with van der Waals surface area (Å²) < 4.78 is 15.7. The van der Waals surface area contributed by atoms with Gasteiger partial charge in [0.15, 0.2) is 11.5 Å². The van der Waals surface area contributed by atoms with Crippen LogP contribution in [0.2, 0.25) is 0 Å². The molecule has 194 valence electrons. The summed E-state index contributed by atoms with van der Waals surface area (Å²) in [6.45, 7) is 3.83. The van der Waals surface area contributed by atoms with Gasteiger partial charge in [0.2, 0.25) is 12.7 Å². The van der Waals surface area contributed by atoms with Gasteiger partial charge in [-0.1, -0.05) is 19.9 Å². The minimum absolute atomic E-state index is 0.00608. The lowest BCUT2D eigenvalue weighted by Crippen LogP contribution is -2.51. The molecule has 37 heavy (non-hydrogen) atoms. The van der Waals surface area contributed by atoms with Gasteiger partial charge in [-0.2, -0.15) is 0 Å². The highest BCUT2D eigenvalue weighted by molar-refractivity contribution is 8.18. The van der Waals surface area contributed by atoms with Crippen molar-refractivity contribution in [1.29, 1.82) is 0 Å². The number of nitrogens with zero attached hydrogens (tertiary/aromatic N) is 1. The minimum Gasteiger partial charge on any atom is -0.497 e. The van der Waals surface area contributed by atoms with Crippen molar-refractivity contribution in [3.05, 3.63) is 58.5 Å². The van der Waals surface area contributed by atoms with E-state index in [-0.39, 0.29) is 30.7 Å². The van der Waals surface area contributed by atoms with Crippen molar-refractivity contribution in [2.24, 2.45) is 5.92 Å². The molecule has 2 aromatic carbocycles. The average Bonchev–Trinajstić information content (AvgIpc) is 3.46. The van der Waals surface area contributed by atoms with Crippen LogP contribution in [0, 0.1) is 5.92 Å². The maximum atomic E-state index is 12.8. The number of amides is 4. The zero-order valence-electron chi connectivity index (χ0n) is 20.6. The third-order valence-electron chi connectivity index (χ3n) is 5.79. The smallest absolute Gasteiger partial charge is 0.293 e. The molecule has 1 atom stereocenters. The summed E-state index contributed by atoms with van der Waals surface area (Å²) in [6, 6.07) is 11.0. The van der Waals surface area contributed by atoms with Crippen LogP contribution in [0.25, 0.3) is 6.08 Å². The Balaban J connectivity index is 1.32. The molecule has 10 nitrogen and oxygen atoms in total. The molecular weight excluding hydrogens is 498 g/mol. The van der Waals surface area contributed by atoms with Gasteiger partial charge >= 0.3 is 0 Å². The Morgan fingerprint density at radius 2 is 1.84 bits per heavy atom. The topological polar surface area (TPSA) is 123 Å². The summed E-state index contributed by atoms with van der Waals surface area (Å²) in [4.78, 5) is 52.1. The van der Waals surface area contributed by atoms with Gasteiger partial charge in [0.1, 0.15) is 11.8 Å². The Hall–Kier alpha value is -3.99. The van der Waals surface area contributed by atoms with Gasteiger partial charge in [-0.3, -0.25) is 24.1 Å². The van der Waals surface area contributed by atoms with Crippen LogP contribution >= 0.6 is 11.8 Å². The van der Waals surface area contributed by atoms with E-state index in [1.165, 1.54) is 7.11 Å². The first-order chi connectivity index (χ1) is 17.8. The number of methoxy groups -OCH3 is 1. The minimum atomic E-state index is -0.796. The molecule has 0 aromatic heterocycles. The van der Waals surface area contributed by atoms with E-state index in [9.17, 15) is 19.2 Å². The van der Waals surface area contributed by atoms with Gasteiger partial charge in [0.05, 0.1) is 12.0 Å². The second kappa shape index (κ2) is 11.4. The predicted molar refractivity (Wildman–Crippen MR) is 137 cm³/mol. The van der Waals surface area contributed by atoms with E-state index in [1.54, 1.807) is 48.5 Å². The lowest BCUT2D eigenvalue weighted by Gasteiger charge is -2.22. The second-order valence-corrected chi connectivity index (χ2v) is 9.65. The normalized spacial score (nSPS) is 16.3. The van der Waals surface area contributed by atoms with Crippen LogP contribution < -0.4 is 24.8 Å². The monoisotopic (exact) mass is 525 g/mol. The van der Waals surface area contributed by atoms with E-state index in [2.05, 4.69) is 10.6 Å². The Bertz CT molecular complexity index is 1240. The van der Waals surface area contributed by atoms with E-state index in [4.69, 9.17) is 14.2 Å². The number of hydrogen-bond acceptors (Lipinski definition) is 8. The summed E-state index contributed by atoms with van der Waals surface area (Å²) >= 11 is 0.836. The van der Waals surface area contributed by atoms with E-state index in [0.717, 1.165) is 16.7 Å². The van der Waals surface area contributed by atoms with E-state index in [0.29, 0.717) is 28.4 Å². The zero-order valence-corrected chi connectivity index (χ0v) is 21.4. The quantitative estimate of drug-likeness (QED) is 0.479. The fraction of sp³-hybridized carbons (Fsp3) is 0.308. The molecule has 2 N–H and O–H groups in total. The Labute approximate surface area is 218 Å². The summed E-state index contributed by atoms with van der Waals surface area (Å²) in [7, 11) is 1.53. The Morgan fingerprint density at radius 1 is 1.11 bits per heavy atom. The molecule has 0 aliphatic carbocycles. The highest BCUT2D eigenvalue weighted by Crippen LogP contribution is 2.36. The molecule has 1 fully saturated rings. The van der Waals surface area contributed by atoms with Crippen molar-refractivity contribution in [1.82, 2.24) is 15.5 Å². The van der Waals surface area contributed by atoms with Crippen LogP contribution in [-0.4, -0.2) is 60.9 Å². The standard InChI is InChI=1S/C26H27N3O7S/c1-15(2)22(28-23(30)17-5-7-18(34-3)8-6-17)24(31)27-10-11-29-25(32)21(37-26(29)33)13-16-4-9-19-20(12-16)36-14-35-19/h4-9,12-13,15,22H,10-11,14H2,1-3H3,(H,27,31)(H,28,30). The molecular formula is C26H27N3O7S. The molecule has 2 aliphatic heterocycles. The maximum absolute atomic E-state index is 12.8. The molecule has 11 heteroatoms. The number of carbonyl (C=O) groups excluding carboxylic acids is 4. The second-order valence-electron chi connectivity index (χ2n) is 8.66. The maximum Gasteiger partial charge on any atom is 0.293 e. The van der Waals surface area contributed by atoms with Crippen molar-refractivity contribution in [3.8, 4) is 17.2 Å². The largest absolute Gasteiger partial charge is 0.497 e. The number of imide groups is 1. The zero-order chi connectivity index (χ0) is 26.5. The molecule has 0 bridgehead atoms. The van der Waals surface area contributed by atoms with Crippen LogP contribution in [0.4, 0.5) is 4.79 Å². The summed E-state index contributed by atoms with van der Waals surface area (Å²) in [5, 5.41) is 5.05. The fourth-order valence-corrected chi connectivity index (χ4v) is 4.61. The number of carbonyl (C=O) groups is 4. The van der Waals surface area contributed by atoms with Crippen molar-refractivity contribution < 1.29 is 33.4 Å². The molecule has 4 amide bonds. The summed E-state index contributed by atoms with van der Waals surface area (Å²) in [5.74, 6) is 0.401. The number of hydrogen-bond donors (Lipinski definition) is 2. The van der Waals surface area contributed by atoms with E-state index in [1.807, 2.05) is 13.8 Å². The number of ether oxygens (including phenoxy) is 3. The van der Waals surface area contributed by atoms with Crippen LogP contribution in [0.5, 0.6) is 17.2 Å². The van der Waals surface area contributed by atoms with Crippen molar-refractivity contribution in [2.45, 2.75) is 19.9 Å². The molecule has 2 aliphatic rings. The van der Waals surface area contributed by atoms with Crippen molar-refractivity contribution in [3.63, 3.8) is 0 Å². The van der Waals surface area contributed by atoms with Gasteiger partial charge in [0.25, 0.3) is 17.1 Å². The molecule has 1 unspecified atom stereocenters. The lowest BCUT2D eigenvalue weighted by atomic mass is 10.0. The summed E-state index contributed by atoms with van der Waals surface area (Å²) in [6.07, 6.45) is 1.62. The van der Waals surface area contributed by atoms with Gasteiger partial charge in [-0.25, -0.2) is 0 Å².